The van der Waals surface area contributed by atoms with Gasteiger partial charge in [0.25, 0.3) is 5.91 Å². The molecule has 0 spiro atoms. The number of urea groups is 1. The molecule has 32 heavy (non-hydrogen) atoms. The van der Waals surface area contributed by atoms with Gasteiger partial charge in [0.05, 0.1) is 12.2 Å². The SMILES string of the molecule is Cc1ccc(-c2nc(CN3C(=O)N[C@@](C)(c4cccc5ccccc45)C3=O)co2)c(C)c1. The number of oxazole rings is 1. The summed E-state index contributed by atoms with van der Waals surface area (Å²) in [6, 6.07) is 19.2. The highest BCUT2D eigenvalue weighted by molar-refractivity contribution is 6.09. The van der Waals surface area contributed by atoms with E-state index in [4.69, 9.17) is 4.42 Å². The van der Waals surface area contributed by atoms with Crippen LogP contribution in [0.15, 0.2) is 71.3 Å². The van der Waals surface area contributed by atoms with E-state index in [9.17, 15) is 9.59 Å². The van der Waals surface area contributed by atoms with Crippen LogP contribution in [0, 0.1) is 13.8 Å². The maximum atomic E-state index is 13.4. The summed E-state index contributed by atoms with van der Waals surface area (Å²) in [5.41, 5.74) is 3.23. The first kappa shape index (κ1) is 20.0. The van der Waals surface area contributed by atoms with Gasteiger partial charge in [-0.15, -0.1) is 0 Å². The third-order valence-electron chi connectivity index (χ3n) is 6.09. The van der Waals surface area contributed by atoms with E-state index in [2.05, 4.69) is 16.4 Å². The molecule has 6 nitrogen and oxygen atoms in total. The Kier molecular flexibility index (Phi) is 4.59. The minimum Gasteiger partial charge on any atom is -0.444 e. The Morgan fingerprint density at radius 3 is 2.62 bits per heavy atom. The number of aryl methyl sites for hydroxylation is 2. The molecule has 0 radical (unpaired) electrons. The lowest BCUT2D eigenvalue weighted by atomic mass is 9.88. The van der Waals surface area contributed by atoms with E-state index in [1.807, 2.05) is 68.4 Å². The lowest BCUT2D eigenvalue weighted by Crippen LogP contribution is -2.41. The number of carbonyl (C=O) groups is 2. The number of nitrogens with zero attached hydrogens (tertiary/aromatic N) is 2. The Hall–Kier alpha value is -3.93. The number of fused-ring (bicyclic) bond motifs is 1. The highest BCUT2D eigenvalue weighted by atomic mass is 16.3. The molecular weight excluding hydrogens is 402 g/mol. The largest absolute Gasteiger partial charge is 0.444 e. The fourth-order valence-corrected chi connectivity index (χ4v) is 4.40. The number of amides is 3. The van der Waals surface area contributed by atoms with E-state index in [0.29, 0.717) is 11.6 Å². The number of benzene rings is 3. The van der Waals surface area contributed by atoms with E-state index in [1.54, 1.807) is 6.92 Å². The summed E-state index contributed by atoms with van der Waals surface area (Å²) in [6.45, 7) is 5.82. The van der Waals surface area contributed by atoms with Crippen molar-refractivity contribution in [3.8, 4) is 11.5 Å². The van der Waals surface area contributed by atoms with Gasteiger partial charge in [-0.2, -0.15) is 0 Å². The summed E-state index contributed by atoms with van der Waals surface area (Å²) in [5.74, 6) is 0.163. The maximum absolute atomic E-state index is 13.4. The van der Waals surface area contributed by atoms with Gasteiger partial charge in [-0.25, -0.2) is 9.78 Å². The van der Waals surface area contributed by atoms with Crippen molar-refractivity contribution in [3.05, 3.63) is 89.3 Å². The van der Waals surface area contributed by atoms with Crippen molar-refractivity contribution in [1.82, 2.24) is 15.2 Å². The quantitative estimate of drug-likeness (QED) is 0.463. The van der Waals surface area contributed by atoms with E-state index in [0.717, 1.165) is 33.0 Å². The fraction of sp³-hybridized carbons (Fsp3) is 0.192. The number of hydrogen-bond donors (Lipinski definition) is 1. The van der Waals surface area contributed by atoms with Crippen LogP contribution in [0.1, 0.15) is 29.3 Å². The van der Waals surface area contributed by atoms with E-state index in [-0.39, 0.29) is 12.5 Å². The number of aromatic nitrogens is 1. The lowest BCUT2D eigenvalue weighted by Gasteiger charge is -2.24. The predicted octanol–water partition coefficient (Wildman–Crippen LogP) is 5.08. The second-order valence-corrected chi connectivity index (χ2v) is 8.44. The summed E-state index contributed by atoms with van der Waals surface area (Å²) >= 11 is 0. The Bertz CT molecular complexity index is 1370. The number of hydrogen-bond acceptors (Lipinski definition) is 4. The van der Waals surface area contributed by atoms with Crippen LogP contribution >= 0.6 is 0 Å². The van der Waals surface area contributed by atoms with E-state index < -0.39 is 11.6 Å². The molecule has 0 aliphatic carbocycles. The van der Waals surface area contributed by atoms with E-state index >= 15 is 0 Å². The van der Waals surface area contributed by atoms with Gasteiger partial charge in [-0.3, -0.25) is 9.69 Å². The second kappa shape index (κ2) is 7.34. The first-order valence-corrected chi connectivity index (χ1v) is 10.5. The zero-order chi connectivity index (χ0) is 22.5. The van der Waals surface area contributed by atoms with Gasteiger partial charge in [0.1, 0.15) is 11.8 Å². The summed E-state index contributed by atoms with van der Waals surface area (Å²) in [4.78, 5) is 32.0. The highest BCUT2D eigenvalue weighted by Crippen LogP contribution is 2.34. The summed E-state index contributed by atoms with van der Waals surface area (Å²) in [5, 5.41) is 4.84. The van der Waals surface area contributed by atoms with Gasteiger partial charge < -0.3 is 9.73 Å². The van der Waals surface area contributed by atoms with Crippen molar-refractivity contribution >= 4 is 22.7 Å². The maximum Gasteiger partial charge on any atom is 0.325 e. The fourth-order valence-electron chi connectivity index (χ4n) is 4.40. The Labute approximate surface area is 185 Å². The van der Waals surface area contributed by atoms with Crippen LogP contribution in [0.3, 0.4) is 0 Å². The van der Waals surface area contributed by atoms with Gasteiger partial charge in [0, 0.05) is 5.56 Å². The summed E-state index contributed by atoms with van der Waals surface area (Å²) in [7, 11) is 0. The van der Waals surface area contributed by atoms with Crippen LogP contribution < -0.4 is 5.32 Å². The zero-order valence-electron chi connectivity index (χ0n) is 18.2. The molecule has 1 aliphatic rings. The molecule has 1 aliphatic heterocycles. The summed E-state index contributed by atoms with van der Waals surface area (Å²) < 4.78 is 5.67. The molecule has 2 heterocycles. The molecule has 6 heteroatoms. The van der Waals surface area contributed by atoms with Gasteiger partial charge in [-0.1, -0.05) is 60.2 Å². The molecule has 0 saturated carbocycles. The molecule has 1 fully saturated rings. The van der Waals surface area contributed by atoms with Gasteiger partial charge in [-0.05, 0) is 48.7 Å². The van der Waals surface area contributed by atoms with Gasteiger partial charge >= 0.3 is 6.03 Å². The molecule has 1 aromatic heterocycles. The number of rotatable bonds is 4. The topological polar surface area (TPSA) is 75.4 Å². The standard InChI is InChI=1S/C26H23N3O3/c1-16-11-12-20(17(2)13-16)23-27-19(15-32-23)14-29-24(30)26(3,28-25(29)31)22-10-6-8-18-7-4-5-9-21(18)22/h4-13,15H,14H2,1-3H3,(H,28,31)/t26-/m0/s1. The van der Waals surface area contributed by atoms with Crippen LogP contribution in [0.4, 0.5) is 4.79 Å². The van der Waals surface area contributed by atoms with Crippen molar-refractivity contribution in [2.24, 2.45) is 0 Å². The van der Waals surface area contributed by atoms with Crippen molar-refractivity contribution in [3.63, 3.8) is 0 Å². The first-order valence-electron chi connectivity index (χ1n) is 10.5. The molecule has 1 saturated heterocycles. The molecule has 0 bridgehead atoms. The molecule has 0 unspecified atom stereocenters. The van der Waals surface area contributed by atoms with Crippen LogP contribution in [0.25, 0.3) is 22.2 Å². The van der Waals surface area contributed by atoms with Crippen LogP contribution in [0.5, 0.6) is 0 Å². The molecule has 3 aromatic carbocycles. The molecule has 4 aromatic rings. The van der Waals surface area contributed by atoms with Crippen molar-refractivity contribution in [2.75, 3.05) is 0 Å². The van der Waals surface area contributed by atoms with Crippen LogP contribution in [-0.2, 0) is 16.9 Å². The molecule has 1 atom stereocenters. The highest BCUT2D eigenvalue weighted by Gasteiger charge is 2.49. The van der Waals surface area contributed by atoms with Crippen LogP contribution in [0.2, 0.25) is 0 Å². The summed E-state index contributed by atoms with van der Waals surface area (Å²) in [6.07, 6.45) is 1.50. The Morgan fingerprint density at radius 2 is 1.81 bits per heavy atom. The minimum absolute atomic E-state index is 0.0411. The third kappa shape index (κ3) is 3.15. The Balaban J connectivity index is 1.44. The average Bonchev–Trinajstić information content (AvgIpc) is 3.32. The van der Waals surface area contributed by atoms with E-state index in [1.165, 1.54) is 11.2 Å². The van der Waals surface area contributed by atoms with Crippen molar-refractivity contribution in [1.29, 1.82) is 0 Å². The lowest BCUT2D eigenvalue weighted by molar-refractivity contribution is -0.131. The minimum atomic E-state index is -1.15. The molecule has 5 rings (SSSR count). The molecule has 160 valence electrons. The monoisotopic (exact) mass is 425 g/mol. The predicted molar refractivity (Wildman–Crippen MR) is 122 cm³/mol. The zero-order valence-corrected chi connectivity index (χ0v) is 18.2. The normalized spacial score (nSPS) is 18.4. The second-order valence-electron chi connectivity index (χ2n) is 8.44. The van der Waals surface area contributed by atoms with Gasteiger partial charge in [0.2, 0.25) is 5.89 Å². The molecule has 1 N–H and O–H groups in total. The molecule has 3 amide bonds. The van der Waals surface area contributed by atoms with Crippen LogP contribution in [-0.4, -0.2) is 21.8 Å². The van der Waals surface area contributed by atoms with Crippen molar-refractivity contribution < 1.29 is 14.0 Å². The third-order valence-corrected chi connectivity index (χ3v) is 6.09. The number of imide groups is 1. The smallest absolute Gasteiger partial charge is 0.325 e. The van der Waals surface area contributed by atoms with Crippen molar-refractivity contribution in [2.45, 2.75) is 32.9 Å². The Morgan fingerprint density at radius 1 is 1.03 bits per heavy atom. The molecular formula is C26H23N3O3. The number of carbonyl (C=O) groups excluding carboxylic acids is 2. The first-order chi connectivity index (χ1) is 15.4. The van der Waals surface area contributed by atoms with Gasteiger partial charge in [0.15, 0.2) is 0 Å². The average molecular weight is 425 g/mol. The number of nitrogens with one attached hydrogen (secondary N) is 1.